The summed E-state index contributed by atoms with van der Waals surface area (Å²) in [6, 6.07) is 17.1. The fourth-order valence-corrected chi connectivity index (χ4v) is 3.82. The number of rotatable bonds is 3. The van der Waals surface area contributed by atoms with E-state index in [2.05, 4.69) is 15.5 Å². The van der Waals surface area contributed by atoms with Crippen molar-refractivity contribution >= 4 is 23.0 Å². The fraction of sp³-hybridized carbons (Fsp3) is 0.125. The van der Waals surface area contributed by atoms with E-state index in [9.17, 15) is 26.7 Å². The zero-order chi connectivity index (χ0) is 24.1. The highest BCUT2D eigenvalue weighted by molar-refractivity contribution is 5.98. The summed E-state index contributed by atoms with van der Waals surface area (Å²) in [5, 5.41) is 3.64. The average Bonchev–Trinajstić information content (AvgIpc) is 3.33. The molecule has 174 valence electrons. The van der Waals surface area contributed by atoms with Crippen LogP contribution in [0.2, 0.25) is 0 Å². The maximum absolute atomic E-state index is 14.0. The van der Waals surface area contributed by atoms with Gasteiger partial charge in [0.15, 0.2) is 0 Å². The molecule has 0 aliphatic carbocycles. The molecule has 10 heteroatoms. The molecule has 2 amide bonds. The number of carbonyl (C=O) groups is 1. The lowest BCUT2D eigenvalue weighted by Gasteiger charge is -2.19. The zero-order valence-corrected chi connectivity index (χ0v) is 17.3. The Bertz CT molecular complexity index is 1290. The van der Waals surface area contributed by atoms with Gasteiger partial charge in [0, 0.05) is 11.3 Å². The van der Waals surface area contributed by atoms with Gasteiger partial charge in [0.05, 0.1) is 17.8 Å². The first-order chi connectivity index (χ1) is 16.2. The minimum absolute atomic E-state index is 0.102. The van der Waals surface area contributed by atoms with Crippen molar-refractivity contribution in [2.45, 2.75) is 12.0 Å². The van der Waals surface area contributed by atoms with Gasteiger partial charge in [-0.3, -0.25) is 5.43 Å². The highest BCUT2D eigenvalue weighted by Crippen LogP contribution is 2.53. The summed E-state index contributed by atoms with van der Waals surface area (Å²) in [5.41, 5.74) is 4.60. The molecule has 0 aromatic heterocycles. The van der Waals surface area contributed by atoms with Crippen LogP contribution in [0, 0.1) is 5.82 Å². The number of hydrazine groups is 1. The number of alkyl halides is 4. The van der Waals surface area contributed by atoms with Crippen molar-refractivity contribution in [3.63, 3.8) is 0 Å². The SMILES string of the molecule is O=C(Nc1ccc2c(c1)C(F)(F)C(F)(F)O2)N1CC(c2ccccc2)=C(c2ccc(F)cc2)N1. The van der Waals surface area contributed by atoms with E-state index in [4.69, 9.17) is 0 Å². The summed E-state index contributed by atoms with van der Waals surface area (Å²) in [6.45, 7) is 0.102. The minimum atomic E-state index is -4.67. The van der Waals surface area contributed by atoms with Crippen LogP contribution < -0.4 is 15.5 Å². The van der Waals surface area contributed by atoms with E-state index in [0.29, 0.717) is 11.3 Å². The smallest absolute Gasteiger partial charge is 0.427 e. The molecule has 0 unspecified atom stereocenters. The van der Waals surface area contributed by atoms with Crippen LogP contribution >= 0.6 is 0 Å². The number of anilines is 1. The summed E-state index contributed by atoms with van der Waals surface area (Å²) < 4.78 is 72.4. The molecule has 0 bridgehead atoms. The van der Waals surface area contributed by atoms with Crippen molar-refractivity contribution in [1.82, 2.24) is 10.4 Å². The molecule has 0 fully saturated rings. The van der Waals surface area contributed by atoms with E-state index in [0.717, 1.165) is 23.3 Å². The van der Waals surface area contributed by atoms with Crippen LogP contribution in [0.15, 0.2) is 72.8 Å². The van der Waals surface area contributed by atoms with E-state index in [1.807, 2.05) is 30.3 Å². The Kier molecular flexibility index (Phi) is 4.96. The lowest BCUT2D eigenvalue weighted by atomic mass is 10.0. The standard InChI is InChI=1S/C24H16F5N3O2/c25-16-8-6-15(7-9-16)21-18(14-4-2-1-3-5-14)13-32(31-21)22(33)30-17-10-11-20-19(12-17)23(26,27)24(28,29)34-20/h1-12,31H,13H2,(H,30,33). The molecule has 2 aliphatic rings. The van der Waals surface area contributed by atoms with Gasteiger partial charge in [0.25, 0.3) is 0 Å². The summed E-state index contributed by atoms with van der Waals surface area (Å²) in [7, 11) is 0. The molecule has 0 saturated heterocycles. The molecule has 34 heavy (non-hydrogen) atoms. The van der Waals surface area contributed by atoms with Crippen molar-refractivity contribution in [3.8, 4) is 5.75 Å². The summed E-state index contributed by atoms with van der Waals surface area (Å²) >= 11 is 0. The molecule has 0 radical (unpaired) electrons. The normalized spacial score (nSPS) is 17.7. The highest BCUT2D eigenvalue weighted by atomic mass is 19.3. The number of halogens is 5. The van der Waals surface area contributed by atoms with E-state index in [-0.39, 0.29) is 12.2 Å². The van der Waals surface area contributed by atoms with Crippen molar-refractivity contribution in [2.24, 2.45) is 0 Å². The van der Waals surface area contributed by atoms with Gasteiger partial charge in [0.2, 0.25) is 0 Å². The first kappa shape index (κ1) is 21.7. The first-order valence-corrected chi connectivity index (χ1v) is 10.1. The number of hydrogen-bond acceptors (Lipinski definition) is 3. The molecule has 5 rings (SSSR count). The number of nitrogens with one attached hydrogen (secondary N) is 2. The Hall–Kier alpha value is -4.08. The Balaban J connectivity index is 1.40. The third-order valence-electron chi connectivity index (χ3n) is 5.54. The predicted molar refractivity (Wildman–Crippen MR) is 114 cm³/mol. The van der Waals surface area contributed by atoms with Crippen LogP contribution in [0.25, 0.3) is 11.3 Å². The first-order valence-electron chi connectivity index (χ1n) is 10.1. The van der Waals surface area contributed by atoms with Crippen LogP contribution in [-0.4, -0.2) is 23.7 Å². The van der Waals surface area contributed by atoms with Crippen molar-refractivity contribution in [1.29, 1.82) is 0 Å². The van der Waals surface area contributed by atoms with E-state index >= 15 is 0 Å². The lowest BCUT2D eigenvalue weighted by molar-refractivity contribution is -0.296. The molecule has 5 nitrogen and oxygen atoms in total. The molecular formula is C24H16F5N3O2. The number of ether oxygens (including phenoxy) is 1. The average molecular weight is 473 g/mol. The van der Waals surface area contributed by atoms with Gasteiger partial charge in [-0.15, -0.1) is 0 Å². The Labute approximate surface area is 190 Å². The topological polar surface area (TPSA) is 53.6 Å². The molecule has 0 saturated carbocycles. The highest BCUT2D eigenvalue weighted by Gasteiger charge is 2.66. The number of urea groups is 1. The Morgan fingerprint density at radius 1 is 0.941 bits per heavy atom. The van der Waals surface area contributed by atoms with E-state index in [1.165, 1.54) is 23.2 Å². The van der Waals surface area contributed by atoms with Crippen LogP contribution in [0.3, 0.4) is 0 Å². The number of nitrogens with zero attached hydrogens (tertiary/aromatic N) is 1. The number of benzene rings is 3. The zero-order valence-electron chi connectivity index (χ0n) is 17.3. The monoisotopic (exact) mass is 473 g/mol. The molecule has 3 aromatic rings. The third-order valence-corrected chi connectivity index (χ3v) is 5.54. The van der Waals surface area contributed by atoms with Crippen LogP contribution in [-0.2, 0) is 5.92 Å². The Morgan fingerprint density at radius 2 is 1.65 bits per heavy atom. The molecule has 2 aliphatic heterocycles. The van der Waals surface area contributed by atoms with Crippen LogP contribution in [0.1, 0.15) is 16.7 Å². The molecule has 0 spiro atoms. The summed E-state index contributed by atoms with van der Waals surface area (Å²) in [6.07, 6.45) is -4.67. The second-order valence-electron chi connectivity index (χ2n) is 7.76. The van der Waals surface area contributed by atoms with Crippen LogP contribution in [0.4, 0.5) is 32.4 Å². The van der Waals surface area contributed by atoms with Gasteiger partial charge >= 0.3 is 18.1 Å². The number of carbonyl (C=O) groups excluding carboxylic acids is 1. The van der Waals surface area contributed by atoms with E-state index in [1.54, 1.807) is 12.1 Å². The van der Waals surface area contributed by atoms with Gasteiger partial charge in [0.1, 0.15) is 11.6 Å². The second-order valence-corrected chi connectivity index (χ2v) is 7.76. The van der Waals surface area contributed by atoms with Gasteiger partial charge in [-0.05, 0) is 53.6 Å². The number of hydrogen-bond donors (Lipinski definition) is 2. The predicted octanol–water partition coefficient (Wildman–Crippen LogP) is 5.82. The van der Waals surface area contributed by atoms with Crippen molar-refractivity contribution < 1.29 is 31.5 Å². The maximum Gasteiger partial charge on any atom is 0.469 e. The summed E-state index contributed by atoms with van der Waals surface area (Å²) in [5.74, 6) is -5.60. The molecular weight excluding hydrogens is 457 g/mol. The fourth-order valence-electron chi connectivity index (χ4n) is 3.82. The van der Waals surface area contributed by atoms with E-state index < -0.39 is 35.2 Å². The molecule has 3 aromatic carbocycles. The van der Waals surface area contributed by atoms with Gasteiger partial charge in [-0.1, -0.05) is 30.3 Å². The van der Waals surface area contributed by atoms with Gasteiger partial charge in [-0.25, -0.2) is 14.2 Å². The van der Waals surface area contributed by atoms with Gasteiger partial charge < -0.3 is 10.1 Å². The molecule has 2 heterocycles. The van der Waals surface area contributed by atoms with Crippen LogP contribution in [0.5, 0.6) is 5.75 Å². The second kappa shape index (κ2) is 7.75. The summed E-state index contributed by atoms with van der Waals surface area (Å²) in [4.78, 5) is 12.9. The number of amides is 2. The van der Waals surface area contributed by atoms with Gasteiger partial charge in [-0.2, -0.15) is 17.6 Å². The van der Waals surface area contributed by atoms with Crippen molar-refractivity contribution in [3.05, 3.63) is 95.3 Å². The molecule has 0 atom stereocenters. The maximum atomic E-state index is 14.0. The third kappa shape index (κ3) is 3.60. The number of fused-ring (bicyclic) bond motifs is 1. The molecule has 2 N–H and O–H groups in total. The minimum Gasteiger partial charge on any atom is -0.427 e. The Morgan fingerprint density at radius 3 is 2.35 bits per heavy atom. The quantitative estimate of drug-likeness (QED) is 0.471. The largest absolute Gasteiger partial charge is 0.469 e. The van der Waals surface area contributed by atoms with Crippen molar-refractivity contribution in [2.75, 3.05) is 11.9 Å². The lowest BCUT2D eigenvalue weighted by Crippen LogP contribution is -2.40.